The Bertz CT molecular complexity index is 569. The average Bonchev–Trinajstić information content (AvgIpc) is 3.27. The Labute approximate surface area is 131 Å². The molecule has 2 fully saturated rings. The van der Waals surface area contributed by atoms with Gasteiger partial charge in [0.25, 0.3) is 5.91 Å². The van der Waals surface area contributed by atoms with Crippen molar-refractivity contribution < 1.29 is 9.59 Å². The lowest BCUT2D eigenvalue weighted by atomic mass is 10.1. The van der Waals surface area contributed by atoms with E-state index in [1.807, 2.05) is 0 Å². The zero-order valence-corrected chi connectivity index (χ0v) is 13.0. The van der Waals surface area contributed by atoms with Gasteiger partial charge in [-0.3, -0.25) is 14.5 Å². The molecule has 3 rings (SSSR count). The molecule has 0 aromatic heterocycles. The molecule has 1 aliphatic heterocycles. The molecule has 0 unspecified atom stereocenters. The van der Waals surface area contributed by atoms with Crippen LogP contribution in [0.15, 0.2) is 24.3 Å². The number of likely N-dealkylation sites (tertiary alicyclic amines) is 1. The Morgan fingerprint density at radius 1 is 1.27 bits per heavy atom. The summed E-state index contributed by atoms with van der Waals surface area (Å²) in [6.07, 6.45) is 4.06. The van der Waals surface area contributed by atoms with Crippen LogP contribution in [-0.4, -0.2) is 41.9 Å². The van der Waals surface area contributed by atoms with Gasteiger partial charge in [0, 0.05) is 42.8 Å². The Morgan fingerprint density at radius 2 is 2.09 bits per heavy atom. The van der Waals surface area contributed by atoms with Gasteiger partial charge >= 0.3 is 0 Å². The van der Waals surface area contributed by atoms with Gasteiger partial charge in [0.2, 0.25) is 5.91 Å². The highest BCUT2D eigenvalue weighted by atomic mass is 16.2. The van der Waals surface area contributed by atoms with Crippen molar-refractivity contribution in [1.82, 2.24) is 10.2 Å². The fourth-order valence-electron chi connectivity index (χ4n) is 2.93. The van der Waals surface area contributed by atoms with Crippen molar-refractivity contribution in [3.63, 3.8) is 0 Å². The second-order valence-electron chi connectivity index (χ2n) is 6.17. The van der Waals surface area contributed by atoms with E-state index in [1.54, 1.807) is 31.2 Å². The fourth-order valence-corrected chi connectivity index (χ4v) is 2.93. The summed E-state index contributed by atoms with van der Waals surface area (Å²) in [5.74, 6) is -0.108. The van der Waals surface area contributed by atoms with Crippen LogP contribution < -0.4 is 10.6 Å². The molecule has 22 heavy (non-hydrogen) atoms. The quantitative estimate of drug-likeness (QED) is 0.874. The molecule has 2 aliphatic rings. The van der Waals surface area contributed by atoms with Crippen molar-refractivity contribution >= 4 is 17.5 Å². The molecule has 0 spiro atoms. The van der Waals surface area contributed by atoms with Crippen LogP contribution in [0.2, 0.25) is 0 Å². The van der Waals surface area contributed by atoms with E-state index in [1.165, 1.54) is 12.8 Å². The minimum Gasteiger partial charge on any atom is -0.348 e. The van der Waals surface area contributed by atoms with Crippen LogP contribution in [-0.2, 0) is 4.79 Å². The molecule has 5 nitrogen and oxygen atoms in total. The molecule has 1 heterocycles. The number of nitrogens with one attached hydrogen (secondary N) is 2. The summed E-state index contributed by atoms with van der Waals surface area (Å²) >= 11 is 0. The van der Waals surface area contributed by atoms with Crippen LogP contribution >= 0.6 is 0 Å². The van der Waals surface area contributed by atoms with E-state index in [9.17, 15) is 9.59 Å². The third-order valence-corrected chi connectivity index (χ3v) is 4.35. The summed E-state index contributed by atoms with van der Waals surface area (Å²) in [5, 5.41) is 5.89. The third kappa shape index (κ3) is 3.65. The van der Waals surface area contributed by atoms with Crippen molar-refractivity contribution in [3.8, 4) is 0 Å². The van der Waals surface area contributed by atoms with Crippen LogP contribution in [0.25, 0.3) is 0 Å². The van der Waals surface area contributed by atoms with E-state index in [2.05, 4.69) is 15.5 Å². The Hall–Kier alpha value is -1.88. The third-order valence-electron chi connectivity index (χ3n) is 4.35. The van der Waals surface area contributed by atoms with Crippen molar-refractivity contribution in [2.75, 3.05) is 18.4 Å². The predicted octanol–water partition coefficient (Wildman–Crippen LogP) is 2.00. The van der Waals surface area contributed by atoms with E-state index in [0.29, 0.717) is 17.7 Å². The van der Waals surface area contributed by atoms with Crippen molar-refractivity contribution in [2.24, 2.45) is 0 Å². The van der Waals surface area contributed by atoms with Crippen molar-refractivity contribution in [2.45, 2.75) is 44.7 Å². The molecule has 1 atom stereocenters. The van der Waals surface area contributed by atoms with Gasteiger partial charge in [-0.25, -0.2) is 0 Å². The normalized spacial score (nSPS) is 21.6. The standard InChI is InChI=1S/C17H23N3O2/c1-2-16(21)18-13-5-3-4-12(10-13)17(22)19-14-8-9-20(11-14)15-6-7-15/h3-5,10,14-15H,2,6-9,11H2,1H3,(H,18,21)(H,19,22)/t14-/m1/s1. The number of carbonyl (C=O) groups excluding carboxylic acids is 2. The maximum Gasteiger partial charge on any atom is 0.251 e. The molecule has 0 bridgehead atoms. The van der Waals surface area contributed by atoms with Gasteiger partial charge in [0.1, 0.15) is 0 Å². The maximum absolute atomic E-state index is 12.4. The van der Waals surface area contributed by atoms with Crippen molar-refractivity contribution in [3.05, 3.63) is 29.8 Å². The number of carbonyl (C=O) groups is 2. The summed E-state index contributed by atoms with van der Waals surface area (Å²) in [6, 6.07) is 8.11. The lowest BCUT2D eigenvalue weighted by molar-refractivity contribution is -0.115. The van der Waals surface area contributed by atoms with E-state index >= 15 is 0 Å². The first-order chi connectivity index (χ1) is 10.7. The Balaban J connectivity index is 1.57. The van der Waals surface area contributed by atoms with Gasteiger partial charge in [0.15, 0.2) is 0 Å². The Kier molecular flexibility index (Phi) is 4.43. The highest BCUT2D eigenvalue weighted by Gasteiger charge is 2.34. The number of nitrogens with zero attached hydrogens (tertiary/aromatic N) is 1. The van der Waals surface area contributed by atoms with Gasteiger partial charge in [0.05, 0.1) is 0 Å². The van der Waals surface area contributed by atoms with Crippen LogP contribution in [0.5, 0.6) is 0 Å². The molecule has 1 aromatic carbocycles. The Morgan fingerprint density at radius 3 is 2.82 bits per heavy atom. The van der Waals surface area contributed by atoms with Crippen LogP contribution in [0.1, 0.15) is 43.0 Å². The molecule has 1 saturated carbocycles. The van der Waals surface area contributed by atoms with Gasteiger partial charge in [-0.2, -0.15) is 0 Å². The highest BCUT2D eigenvalue weighted by Crippen LogP contribution is 2.29. The minimum absolute atomic E-state index is 0.0478. The molecule has 2 amide bonds. The first-order valence-corrected chi connectivity index (χ1v) is 8.10. The van der Waals surface area contributed by atoms with Crippen LogP contribution in [0.4, 0.5) is 5.69 Å². The monoisotopic (exact) mass is 301 g/mol. The first kappa shape index (κ1) is 15.0. The predicted molar refractivity (Wildman–Crippen MR) is 85.8 cm³/mol. The first-order valence-electron chi connectivity index (χ1n) is 8.10. The molecule has 1 aliphatic carbocycles. The van der Waals surface area contributed by atoms with Crippen LogP contribution in [0, 0.1) is 0 Å². The molecule has 5 heteroatoms. The number of hydrogen-bond acceptors (Lipinski definition) is 3. The fraction of sp³-hybridized carbons (Fsp3) is 0.529. The molecule has 0 radical (unpaired) electrons. The smallest absolute Gasteiger partial charge is 0.251 e. The van der Waals surface area contributed by atoms with E-state index in [-0.39, 0.29) is 17.9 Å². The molecular formula is C17H23N3O2. The molecule has 1 saturated heterocycles. The average molecular weight is 301 g/mol. The van der Waals surface area contributed by atoms with Gasteiger partial charge in [-0.1, -0.05) is 13.0 Å². The summed E-state index contributed by atoms with van der Waals surface area (Å²) in [4.78, 5) is 26.3. The number of hydrogen-bond donors (Lipinski definition) is 2. The molecule has 118 valence electrons. The zero-order valence-electron chi connectivity index (χ0n) is 13.0. The minimum atomic E-state index is -0.0600. The number of rotatable bonds is 5. The van der Waals surface area contributed by atoms with Gasteiger partial charge in [-0.15, -0.1) is 0 Å². The van der Waals surface area contributed by atoms with Gasteiger partial charge in [-0.05, 0) is 37.5 Å². The van der Waals surface area contributed by atoms with E-state index in [0.717, 1.165) is 25.6 Å². The maximum atomic E-state index is 12.4. The number of benzene rings is 1. The van der Waals surface area contributed by atoms with Gasteiger partial charge < -0.3 is 10.6 Å². The van der Waals surface area contributed by atoms with E-state index < -0.39 is 0 Å². The molecular weight excluding hydrogens is 278 g/mol. The zero-order chi connectivity index (χ0) is 15.5. The second-order valence-corrected chi connectivity index (χ2v) is 6.17. The molecule has 1 aromatic rings. The van der Waals surface area contributed by atoms with Crippen molar-refractivity contribution in [1.29, 1.82) is 0 Å². The highest BCUT2D eigenvalue weighted by molar-refractivity contribution is 5.97. The lowest BCUT2D eigenvalue weighted by Crippen LogP contribution is -2.37. The summed E-state index contributed by atoms with van der Waals surface area (Å²) in [6.45, 7) is 3.85. The number of amides is 2. The second kappa shape index (κ2) is 6.48. The summed E-state index contributed by atoms with van der Waals surface area (Å²) < 4.78 is 0. The summed E-state index contributed by atoms with van der Waals surface area (Å²) in [7, 11) is 0. The van der Waals surface area contributed by atoms with E-state index in [4.69, 9.17) is 0 Å². The molecule has 2 N–H and O–H groups in total. The number of anilines is 1. The summed E-state index contributed by atoms with van der Waals surface area (Å²) in [5.41, 5.74) is 1.27. The lowest BCUT2D eigenvalue weighted by Gasteiger charge is -2.16. The largest absolute Gasteiger partial charge is 0.348 e. The van der Waals surface area contributed by atoms with Crippen LogP contribution in [0.3, 0.4) is 0 Å². The SMILES string of the molecule is CCC(=O)Nc1cccc(C(=O)N[C@@H]2CCN(C3CC3)C2)c1. The topological polar surface area (TPSA) is 61.4 Å².